The summed E-state index contributed by atoms with van der Waals surface area (Å²) in [5, 5.41) is 1.78. The maximum absolute atomic E-state index is 11.8. The number of hydrogen-bond acceptors (Lipinski definition) is 5. The lowest BCUT2D eigenvalue weighted by atomic mass is 10.1. The number of ether oxygens (including phenoxy) is 1. The highest BCUT2D eigenvalue weighted by Crippen LogP contribution is 2.23. The standard InChI is InChI=1S/C11H12BrN3O4/c1-5-7(2-6(12)3-8(5)13)10(17)19-4-9(16)15-11(14)18/h2-3H,4,13H2,1H3,(H3,14,15,16,18). The van der Waals surface area contributed by atoms with Crippen molar-refractivity contribution in [1.82, 2.24) is 5.32 Å². The average molecular weight is 330 g/mol. The van der Waals surface area contributed by atoms with Crippen LogP contribution in [0.15, 0.2) is 16.6 Å². The zero-order chi connectivity index (χ0) is 14.6. The van der Waals surface area contributed by atoms with Gasteiger partial charge in [-0.3, -0.25) is 10.1 Å². The van der Waals surface area contributed by atoms with Crippen molar-refractivity contribution < 1.29 is 19.1 Å². The van der Waals surface area contributed by atoms with Gasteiger partial charge in [-0.15, -0.1) is 0 Å². The van der Waals surface area contributed by atoms with Crippen LogP contribution in [0.4, 0.5) is 10.5 Å². The summed E-state index contributed by atoms with van der Waals surface area (Å²) in [6, 6.07) is 2.16. The molecular weight excluding hydrogens is 318 g/mol. The van der Waals surface area contributed by atoms with E-state index in [-0.39, 0.29) is 5.56 Å². The number of esters is 1. The number of amides is 3. The van der Waals surface area contributed by atoms with Crippen molar-refractivity contribution in [3.8, 4) is 0 Å². The second kappa shape index (κ2) is 6.19. The number of primary amides is 1. The molecule has 0 saturated heterocycles. The molecule has 0 heterocycles. The van der Waals surface area contributed by atoms with Crippen molar-refractivity contribution in [3.05, 3.63) is 27.7 Å². The summed E-state index contributed by atoms with van der Waals surface area (Å²) in [4.78, 5) is 33.2. The lowest BCUT2D eigenvalue weighted by Crippen LogP contribution is -2.37. The van der Waals surface area contributed by atoms with Gasteiger partial charge < -0.3 is 16.2 Å². The molecule has 0 radical (unpaired) electrons. The molecule has 3 amide bonds. The zero-order valence-electron chi connectivity index (χ0n) is 10.0. The molecule has 0 atom stereocenters. The summed E-state index contributed by atoms with van der Waals surface area (Å²) in [5.74, 6) is -1.52. The van der Waals surface area contributed by atoms with Crippen LogP contribution in [0.5, 0.6) is 0 Å². The highest BCUT2D eigenvalue weighted by molar-refractivity contribution is 9.10. The molecule has 0 bridgehead atoms. The van der Waals surface area contributed by atoms with Gasteiger partial charge in [0.15, 0.2) is 6.61 Å². The molecule has 5 N–H and O–H groups in total. The third-order valence-corrected chi connectivity index (χ3v) is 2.69. The summed E-state index contributed by atoms with van der Waals surface area (Å²) in [6.07, 6.45) is 0. The Morgan fingerprint density at radius 3 is 2.58 bits per heavy atom. The number of nitrogen functional groups attached to an aromatic ring is 1. The summed E-state index contributed by atoms with van der Waals surface area (Å²) >= 11 is 3.20. The van der Waals surface area contributed by atoms with Gasteiger partial charge in [0.2, 0.25) is 0 Å². The number of hydrogen-bond donors (Lipinski definition) is 3. The number of halogens is 1. The van der Waals surface area contributed by atoms with E-state index < -0.39 is 24.5 Å². The summed E-state index contributed by atoms with van der Waals surface area (Å²) < 4.78 is 5.36. The lowest BCUT2D eigenvalue weighted by Gasteiger charge is -2.09. The van der Waals surface area contributed by atoms with Gasteiger partial charge in [0.25, 0.3) is 5.91 Å². The van der Waals surface area contributed by atoms with Gasteiger partial charge in [0.1, 0.15) is 0 Å². The fraction of sp³-hybridized carbons (Fsp3) is 0.182. The van der Waals surface area contributed by atoms with Crippen molar-refractivity contribution in [2.45, 2.75) is 6.92 Å². The Bertz CT molecular complexity index is 545. The number of nitrogens with two attached hydrogens (primary N) is 2. The Morgan fingerprint density at radius 2 is 2.00 bits per heavy atom. The van der Waals surface area contributed by atoms with Crippen LogP contribution < -0.4 is 16.8 Å². The van der Waals surface area contributed by atoms with Crippen molar-refractivity contribution in [1.29, 1.82) is 0 Å². The predicted octanol–water partition coefficient (Wildman–Crippen LogP) is 0.691. The molecule has 0 aliphatic carbocycles. The van der Waals surface area contributed by atoms with Gasteiger partial charge in [-0.25, -0.2) is 9.59 Å². The third-order valence-electron chi connectivity index (χ3n) is 2.23. The zero-order valence-corrected chi connectivity index (χ0v) is 11.6. The molecule has 1 aromatic carbocycles. The molecule has 1 aromatic rings. The maximum atomic E-state index is 11.8. The molecule has 8 heteroatoms. The topological polar surface area (TPSA) is 125 Å². The normalized spacial score (nSPS) is 9.79. The average Bonchev–Trinajstić information content (AvgIpc) is 2.29. The lowest BCUT2D eigenvalue weighted by molar-refractivity contribution is -0.123. The van der Waals surface area contributed by atoms with Crippen molar-refractivity contribution in [2.24, 2.45) is 5.73 Å². The fourth-order valence-electron chi connectivity index (χ4n) is 1.29. The van der Waals surface area contributed by atoms with Crippen molar-refractivity contribution >= 4 is 39.5 Å². The fourth-order valence-corrected chi connectivity index (χ4v) is 1.77. The number of carbonyl (C=O) groups is 3. The van der Waals surface area contributed by atoms with E-state index in [1.165, 1.54) is 6.07 Å². The summed E-state index contributed by atoms with van der Waals surface area (Å²) in [6.45, 7) is 1.05. The highest BCUT2D eigenvalue weighted by Gasteiger charge is 2.15. The van der Waals surface area contributed by atoms with Gasteiger partial charge in [0.05, 0.1) is 5.56 Å². The van der Waals surface area contributed by atoms with Gasteiger partial charge in [-0.05, 0) is 24.6 Å². The molecule has 0 saturated carbocycles. The van der Waals surface area contributed by atoms with Crippen LogP contribution in [0.1, 0.15) is 15.9 Å². The predicted molar refractivity (Wildman–Crippen MR) is 71.3 cm³/mol. The molecule has 1 rings (SSSR count). The number of urea groups is 1. The molecule has 19 heavy (non-hydrogen) atoms. The third kappa shape index (κ3) is 4.25. The molecule has 0 unspecified atom stereocenters. The number of benzene rings is 1. The van der Waals surface area contributed by atoms with E-state index >= 15 is 0 Å². The minimum atomic E-state index is -1.01. The molecule has 0 aliphatic rings. The molecule has 102 valence electrons. The van der Waals surface area contributed by atoms with E-state index in [4.69, 9.17) is 16.2 Å². The first-order valence-electron chi connectivity index (χ1n) is 5.13. The molecule has 7 nitrogen and oxygen atoms in total. The van der Waals surface area contributed by atoms with Crippen LogP contribution in [0, 0.1) is 6.92 Å². The molecule has 0 fully saturated rings. The van der Waals surface area contributed by atoms with Crippen LogP contribution in [-0.2, 0) is 9.53 Å². The van der Waals surface area contributed by atoms with E-state index in [0.29, 0.717) is 15.7 Å². The molecule has 0 spiro atoms. The number of anilines is 1. The molecular formula is C11H12BrN3O4. The van der Waals surface area contributed by atoms with E-state index in [1.54, 1.807) is 18.3 Å². The van der Waals surface area contributed by atoms with Crippen molar-refractivity contribution in [2.75, 3.05) is 12.3 Å². The highest BCUT2D eigenvalue weighted by atomic mass is 79.9. The van der Waals surface area contributed by atoms with E-state index in [2.05, 4.69) is 15.9 Å². The van der Waals surface area contributed by atoms with Crippen molar-refractivity contribution in [3.63, 3.8) is 0 Å². The van der Waals surface area contributed by atoms with E-state index in [0.717, 1.165) is 0 Å². The smallest absolute Gasteiger partial charge is 0.339 e. The quantitative estimate of drug-likeness (QED) is 0.555. The first-order chi connectivity index (χ1) is 8.81. The number of nitrogens with one attached hydrogen (secondary N) is 1. The number of imide groups is 1. The first-order valence-corrected chi connectivity index (χ1v) is 5.92. The monoisotopic (exact) mass is 329 g/mol. The minimum Gasteiger partial charge on any atom is -0.452 e. The van der Waals surface area contributed by atoms with Gasteiger partial charge >= 0.3 is 12.0 Å². The van der Waals surface area contributed by atoms with Gasteiger partial charge in [-0.1, -0.05) is 15.9 Å². The Labute approximate surface area is 117 Å². The minimum absolute atomic E-state index is 0.235. The summed E-state index contributed by atoms with van der Waals surface area (Å²) in [7, 11) is 0. The first kappa shape index (κ1) is 15.0. The Kier molecular flexibility index (Phi) is 4.87. The van der Waals surface area contributed by atoms with E-state index in [1.807, 2.05) is 0 Å². The van der Waals surface area contributed by atoms with Crippen LogP contribution in [0.3, 0.4) is 0 Å². The SMILES string of the molecule is Cc1c(N)cc(Br)cc1C(=O)OCC(=O)NC(N)=O. The Morgan fingerprint density at radius 1 is 1.37 bits per heavy atom. The van der Waals surface area contributed by atoms with Crippen LogP contribution in [-0.4, -0.2) is 24.5 Å². The number of rotatable bonds is 3. The van der Waals surface area contributed by atoms with Crippen LogP contribution in [0.25, 0.3) is 0 Å². The van der Waals surface area contributed by atoms with E-state index in [9.17, 15) is 14.4 Å². The Balaban J connectivity index is 2.74. The largest absolute Gasteiger partial charge is 0.452 e. The van der Waals surface area contributed by atoms with Gasteiger partial charge in [-0.2, -0.15) is 0 Å². The molecule has 0 aromatic heterocycles. The number of carbonyl (C=O) groups excluding carboxylic acids is 3. The molecule has 0 aliphatic heterocycles. The Hall–Kier alpha value is -2.09. The maximum Gasteiger partial charge on any atom is 0.339 e. The van der Waals surface area contributed by atoms with Crippen LogP contribution >= 0.6 is 15.9 Å². The second-order valence-corrected chi connectivity index (χ2v) is 4.57. The second-order valence-electron chi connectivity index (χ2n) is 3.66. The van der Waals surface area contributed by atoms with Gasteiger partial charge in [0, 0.05) is 10.2 Å². The van der Waals surface area contributed by atoms with Crippen LogP contribution in [0.2, 0.25) is 0 Å². The summed E-state index contributed by atoms with van der Waals surface area (Å²) in [5.41, 5.74) is 11.6.